The van der Waals surface area contributed by atoms with Gasteiger partial charge in [-0.15, -0.1) is 22.9 Å². The molecule has 80 valence electrons. The predicted molar refractivity (Wildman–Crippen MR) is 66.5 cm³/mol. The molecule has 2 unspecified atom stereocenters. The summed E-state index contributed by atoms with van der Waals surface area (Å²) < 4.78 is 0. The summed E-state index contributed by atoms with van der Waals surface area (Å²) in [6.45, 7) is 8.80. The fraction of sp³-hybridized carbons (Fsp3) is 0.667. The van der Waals surface area contributed by atoms with Crippen LogP contribution in [0, 0.1) is 19.8 Å². The van der Waals surface area contributed by atoms with Gasteiger partial charge in [0.05, 0.1) is 5.38 Å². The molecular weight excluding hydrogens is 212 g/mol. The zero-order valence-corrected chi connectivity index (χ0v) is 11.0. The molecule has 0 fully saturated rings. The van der Waals surface area contributed by atoms with Crippen molar-refractivity contribution in [2.75, 3.05) is 0 Å². The Bertz CT molecular complexity index is 291. The highest BCUT2D eigenvalue weighted by atomic mass is 35.5. The largest absolute Gasteiger partial charge is 0.144 e. The van der Waals surface area contributed by atoms with Crippen LogP contribution >= 0.6 is 22.9 Å². The van der Waals surface area contributed by atoms with Gasteiger partial charge in [0.15, 0.2) is 0 Å². The maximum absolute atomic E-state index is 6.41. The lowest BCUT2D eigenvalue weighted by Crippen LogP contribution is -1.98. The molecule has 0 spiro atoms. The summed E-state index contributed by atoms with van der Waals surface area (Å²) >= 11 is 8.25. The lowest BCUT2D eigenvalue weighted by atomic mass is 10.0. The first-order chi connectivity index (χ1) is 6.54. The Morgan fingerprint density at radius 2 is 2.07 bits per heavy atom. The monoisotopic (exact) mass is 230 g/mol. The third-order valence-electron chi connectivity index (χ3n) is 2.67. The zero-order chi connectivity index (χ0) is 10.7. The molecule has 0 radical (unpaired) electrons. The highest BCUT2D eigenvalue weighted by Crippen LogP contribution is 2.36. The van der Waals surface area contributed by atoms with Crippen LogP contribution in [0.4, 0.5) is 0 Å². The third kappa shape index (κ3) is 2.99. The van der Waals surface area contributed by atoms with Crippen LogP contribution in [-0.2, 0) is 0 Å². The highest BCUT2D eigenvalue weighted by Gasteiger charge is 2.15. The van der Waals surface area contributed by atoms with E-state index in [4.69, 9.17) is 11.6 Å². The second-order valence-corrected chi connectivity index (χ2v) is 5.94. The first-order valence-electron chi connectivity index (χ1n) is 5.25. The third-order valence-corrected chi connectivity index (χ3v) is 4.46. The van der Waals surface area contributed by atoms with Gasteiger partial charge in [0.25, 0.3) is 0 Å². The maximum Gasteiger partial charge on any atom is 0.0683 e. The molecule has 1 rings (SSSR count). The number of aryl methyl sites for hydroxylation is 2. The van der Waals surface area contributed by atoms with Crippen molar-refractivity contribution in [3.05, 3.63) is 21.4 Å². The zero-order valence-electron chi connectivity index (χ0n) is 9.43. The van der Waals surface area contributed by atoms with E-state index in [2.05, 4.69) is 33.8 Å². The number of alkyl halides is 1. The van der Waals surface area contributed by atoms with Gasteiger partial charge in [0.1, 0.15) is 0 Å². The molecule has 0 aliphatic carbocycles. The average Bonchev–Trinajstić information content (AvgIpc) is 2.45. The van der Waals surface area contributed by atoms with Crippen molar-refractivity contribution in [1.29, 1.82) is 0 Å². The maximum atomic E-state index is 6.41. The molecule has 0 aliphatic heterocycles. The van der Waals surface area contributed by atoms with Gasteiger partial charge in [-0.3, -0.25) is 0 Å². The Kier molecular flexibility index (Phi) is 4.46. The molecule has 0 amide bonds. The van der Waals surface area contributed by atoms with Crippen LogP contribution in [0.25, 0.3) is 0 Å². The molecular formula is C12H19ClS. The van der Waals surface area contributed by atoms with E-state index in [0.717, 1.165) is 12.3 Å². The van der Waals surface area contributed by atoms with Gasteiger partial charge in [0, 0.05) is 9.75 Å². The summed E-state index contributed by atoms with van der Waals surface area (Å²) in [5.41, 5.74) is 1.36. The minimum Gasteiger partial charge on any atom is -0.144 e. The van der Waals surface area contributed by atoms with Crippen LogP contribution in [0.5, 0.6) is 0 Å². The minimum absolute atomic E-state index is 0.212. The van der Waals surface area contributed by atoms with E-state index in [1.54, 1.807) is 0 Å². The molecule has 1 aromatic heterocycles. The number of thiophene rings is 1. The van der Waals surface area contributed by atoms with E-state index in [-0.39, 0.29) is 5.38 Å². The summed E-state index contributed by atoms with van der Waals surface area (Å²) in [6, 6.07) is 2.23. The van der Waals surface area contributed by atoms with Crippen molar-refractivity contribution in [3.63, 3.8) is 0 Å². The van der Waals surface area contributed by atoms with E-state index < -0.39 is 0 Å². The Balaban J connectivity index is 2.69. The van der Waals surface area contributed by atoms with Crippen molar-refractivity contribution in [1.82, 2.24) is 0 Å². The number of halogens is 1. The highest BCUT2D eigenvalue weighted by molar-refractivity contribution is 7.12. The van der Waals surface area contributed by atoms with Gasteiger partial charge >= 0.3 is 0 Å². The standard InChI is InChI=1S/C12H19ClS/c1-5-8(2)6-11(13)12-9(3)7-10(4)14-12/h7-8,11H,5-6H2,1-4H3. The molecule has 0 saturated heterocycles. The van der Waals surface area contributed by atoms with Crippen molar-refractivity contribution in [2.24, 2.45) is 5.92 Å². The SMILES string of the molecule is CCC(C)CC(Cl)c1sc(C)cc1C. The lowest BCUT2D eigenvalue weighted by molar-refractivity contribution is 0.510. The van der Waals surface area contributed by atoms with E-state index in [1.807, 2.05) is 11.3 Å². The van der Waals surface area contributed by atoms with Gasteiger partial charge in [-0.2, -0.15) is 0 Å². The first-order valence-corrected chi connectivity index (χ1v) is 6.50. The van der Waals surface area contributed by atoms with Crippen LogP contribution in [0.1, 0.15) is 47.4 Å². The second-order valence-electron chi connectivity index (χ2n) is 4.12. The van der Waals surface area contributed by atoms with Gasteiger partial charge in [-0.05, 0) is 37.8 Å². The quantitative estimate of drug-likeness (QED) is 0.633. The van der Waals surface area contributed by atoms with Gasteiger partial charge < -0.3 is 0 Å². The van der Waals surface area contributed by atoms with Crippen LogP contribution in [-0.4, -0.2) is 0 Å². The number of hydrogen-bond acceptors (Lipinski definition) is 1. The van der Waals surface area contributed by atoms with Crippen molar-refractivity contribution in [3.8, 4) is 0 Å². The van der Waals surface area contributed by atoms with E-state index in [0.29, 0.717) is 0 Å². The molecule has 0 nitrogen and oxygen atoms in total. The van der Waals surface area contributed by atoms with Crippen molar-refractivity contribution >= 4 is 22.9 Å². The topological polar surface area (TPSA) is 0 Å². The van der Waals surface area contributed by atoms with Gasteiger partial charge in [-0.25, -0.2) is 0 Å². The van der Waals surface area contributed by atoms with Crippen LogP contribution < -0.4 is 0 Å². The fourth-order valence-electron chi connectivity index (χ4n) is 1.60. The summed E-state index contributed by atoms with van der Waals surface area (Å²) in [4.78, 5) is 2.73. The Morgan fingerprint density at radius 3 is 2.50 bits per heavy atom. The molecule has 0 N–H and O–H groups in total. The smallest absolute Gasteiger partial charge is 0.0683 e. The van der Waals surface area contributed by atoms with Crippen LogP contribution in [0.2, 0.25) is 0 Å². The van der Waals surface area contributed by atoms with E-state index in [9.17, 15) is 0 Å². The average molecular weight is 231 g/mol. The number of rotatable bonds is 4. The van der Waals surface area contributed by atoms with Gasteiger partial charge in [-0.1, -0.05) is 20.3 Å². The van der Waals surface area contributed by atoms with Crippen LogP contribution in [0.15, 0.2) is 6.07 Å². The molecule has 1 aromatic rings. The molecule has 0 bridgehead atoms. The molecule has 1 heterocycles. The second kappa shape index (κ2) is 5.18. The number of hydrogen-bond donors (Lipinski definition) is 0. The van der Waals surface area contributed by atoms with E-state index in [1.165, 1.54) is 21.7 Å². The van der Waals surface area contributed by atoms with E-state index >= 15 is 0 Å². The summed E-state index contributed by atoms with van der Waals surface area (Å²) in [6.07, 6.45) is 2.31. The normalized spacial score (nSPS) is 15.5. The fourth-order valence-corrected chi connectivity index (χ4v) is 3.23. The summed E-state index contributed by atoms with van der Waals surface area (Å²) in [5.74, 6) is 0.722. The Morgan fingerprint density at radius 1 is 1.43 bits per heavy atom. The molecule has 0 aliphatic rings. The van der Waals surface area contributed by atoms with Crippen molar-refractivity contribution in [2.45, 2.75) is 45.9 Å². The van der Waals surface area contributed by atoms with Gasteiger partial charge in [0.2, 0.25) is 0 Å². The first kappa shape index (κ1) is 12.1. The molecule has 0 aromatic carbocycles. The molecule has 2 atom stereocenters. The summed E-state index contributed by atoms with van der Waals surface area (Å²) in [5, 5.41) is 0.212. The minimum atomic E-state index is 0.212. The molecule has 14 heavy (non-hydrogen) atoms. The van der Waals surface area contributed by atoms with Crippen LogP contribution in [0.3, 0.4) is 0 Å². The Labute approximate surface area is 96.3 Å². The lowest BCUT2D eigenvalue weighted by Gasteiger charge is -2.13. The Hall–Kier alpha value is -0.0100. The summed E-state index contributed by atoms with van der Waals surface area (Å²) in [7, 11) is 0. The molecule has 2 heteroatoms. The predicted octanol–water partition coefficient (Wildman–Crippen LogP) is 5.08. The molecule has 0 saturated carbocycles. The van der Waals surface area contributed by atoms with Crippen molar-refractivity contribution < 1.29 is 0 Å².